The van der Waals surface area contributed by atoms with E-state index in [0.717, 1.165) is 50.5 Å². The molecule has 0 aromatic heterocycles. The van der Waals surface area contributed by atoms with Crippen molar-refractivity contribution in [1.82, 2.24) is 0 Å². The maximum atomic E-state index is 14.4. The van der Waals surface area contributed by atoms with Crippen molar-refractivity contribution < 1.29 is 19.1 Å². The number of esters is 1. The normalized spacial score (nSPS) is 43.9. The van der Waals surface area contributed by atoms with Crippen LogP contribution in [0.2, 0.25) is 18.1 Å². The number of hydrogen-bond acceptors (Lipinski definition) is 4. The molecular weight excluding hydrogens is 609 g/mol. The van der Waals surface area contributed by atoms with Gasteiger partial charge in [0.25, 0.3) is 0 Å². The molecule has 5 heteroatoms. The molecule has 0 unspecified atom stereocenters. The van der Waals surface area contributed by atoms with Gasteiger partial charge in [0.05, 0.1) is 17.6 Å². The average Bonchev–Trinajstić information content (AvgIpc) is 3.00. The van der Waals surface area contributed by atoms with E-state index in [0.29, 0.717) is 30.3 Å². The van der Waals surface area contributed by atoms with E-state index < -0.39 is 19.8 Å². The molecule has 1 N–H and O–H groups in total. The lowest BCUT2D eigenvalue weighted by Gasteiger charge is -2.72. The van der Waals surface area contributed by atoms with Gasteiger partial charge in [0, 0.05) is 0 Å². The van der Waals surface area contributed by atoms with Gasteiger partial charge in [0.15, 0.2) is 8.32 Å². The van der Waals surface area contributed by atoms with Gasteiger partial charge < -0.3 is 14.3 Å². The molecule has 1 aromatic rings. The van der Waals surface area contributed by atoms with Crippen LogP contribution < -0.4 is 0 Å². The van der Waals surface area contributed by atoms with Crippen LogP contribution in [-0.4, -0.2) is 31.6 Å². The quantitative estimate of drug-likeness (QED) is 0.192. The molecule has 268 valence electrons. The fourth-order valence-electron chi connectivity index (χ4n) is 12.5. The molecule has 4 fully saturated rings. The first-order valence-corrected chi connectivity index (χ1v) is 22.3. The molecule has 0 heterocycles. The van der Waals surface area contributed by atoms with E-state index in [1.54, 1.807) is 5.57 Å². The van der Waals surface area contributed by atoms with Crippen LogP contribution in [0.3, 0.4) is 0 Å². The first-order chi connectivity index (χ1) is 22.2. The highest BCUT2D eigenvalue weighted by Crippen LogP contribution is 2.76. The minimum absolute atomic E-state index is 0.0269. The number of carbonyl (C=O) groups is 1. The van der Waals surface area contributed by atoms with Crippen molar-refractivity contribution in [2.24, 2.45) is 56.7 Å². The van der Waals surface area contributed by atoms with Crippen molar-refractivity contribution in [3.05, 3.63) is 47.5 Å². The smallest absolute Gasteiger partial charge is 0.313 e. The van der Waals surface area contributed by atoms with Gasteiger partial charge in [-0.15, -0.1) is 0 Å². The van der Waals surface area contributed by atoms with Gasteiger partial charge in [-0.05, 0) is 126 Å². The van der Waals surface area contributed by atoms with E-state index in [2.05, 4.69) is 101 Å². The molecule has 4 nitrogen and oxygen atoms in total. The van der Waals surface area contributed by atoms with Crippen molar-refractivity contribution in [2.45, 2.75) is 158 Å². The summed E-state index contributed by atoms with van der Waals surface area (Å²) in [6.07, 6.45) is 10.3. The standard InChI is InChI=1S/C43H68O4Si/c1-28-20-23-43(37(45)46-27-30-16-14-13-15-17-30)25-24-41(9)31(35(43)29(28)2)18-19-34-40(8)26-32(47-48(11,12)38(3,4)5)36(44)39(6,7)33(40)21-22-42(34,41)10/h13-18,28-29,32-36,44H,19-27H2,1-12H3/t28-,29+,32+,33+,34-,35+,36-,40+,41-,42-,43+/m1/s1. The Morgan fingerprint density at radius 2 is 1.60 bits per heavy atom. The number of carbonyl (C=O) groups excluding carboxylic acids is 1. The average molecular weight is 677 g/mol. The second-order valence-corrected chi connectivity index (χ2v) is 25.0. The molecule has 0 saturated heterocycles. The van der Waals surface area contributed by atoms with Gasteiger partial charge >= 0.3 is 5.97 Å². The van der Waals surface area contributed by atoms with Crippen LogP contribution in [0.4, 0.5) is 0 Å². The summed E-state index contributed by atoms with van der Waals surface area (Å²) < 4.78 is 13.4. The predicted molar refractivity (Wildman–Crippen MR) is 199 cm³/mol. The predicted octanol–water partition coefficient (Wildman–Crippen LogP) is 10.7. The van der Waals surface area contributed by atoms with Crippen molar-refractivity contribution in [1.29, 1.82) is 0 Å². The van der Waals surface area contributed by atoms with Gasteiger partial charge in [0.1, 0.15) is 6.61 Å². The SMILES string of the molecule is C[C@H]1[C@H](C)CC[C@]2(C(=O)OCc3ccccc3)CC[C@]3(C)C(=CC[C@@H]4[C@@]5(C)C[C@H](O[Si](C)(C)C(C)(C)C)[C@@H](O)C(C)(C)[C@@H]5CC[C@]43C)[C@H]12. The summed E-state index contributed by atoms with van der Waals surface area (Å²) in [5, 5.41) is 12.1. The summed E-state index contributed by atoms with van der Waals surface area (Å²) in [5.41, 5.74) is 2.18. The second-order valence-electron chi connectivity index (χ2n) is 20.3. The van der Waals surface area contributed by atoms with Crippen LogP contribution in [0.25, 0.3) is 0 Å². The lowest BCUT2D eigenvalue weighted by Crippen LogP contribution is -2.68. The zero-order chi connectivity index (χ0) is 35.3. The Hall–Kier alpha value is -1.43. The van der Waals surface area contributed by atoms with Crippen LogP contribution in [0, 0.1) is 56.7 Å². The third-order valence-electron chi connectivity index (χ3n) is 16.8. The van der Waals surface area contributed by atoms with Crippen LogP contribution in [-0.2, 0) is 20.6 Å². The van der Waals surface area contributed by atoms with E-state index in [9.17, 15) is 9.90 Å². The van der Waals surface area contributed by atoms with Crippen LogP contribution in [0.15, 0.2) is 42.0 Å². The summed E-state index contributed by atoms with van der Waals surface area (Å²) >= 11 is 0. The zero-order valence-electron chi connectivity index (χ0n) is 32.5. The minimum Gasteiger partial charge on any atom is -0.460 e. The fourth-order valence-corrected chi connectivity index (χ4v) is 13.8. The Balaban J connectivity index is 1.37. The Labute approximate surface area is 294 Å². The summed E-state index contributed by atoms with van der Waals surface area (Å²) in [4.78, 5) is 14.4. The maximum absolute atomic E-state index is 14.4. The van der Waals surface area contributed by atoms with E-state index in [-0.39, 0.29) is 44.7 Å². The summed E-state index contributed by atoms with van der Waals surface area (Å²) in [7, 11) is -2.09. The van der Waals surface area contributed by atoms with E-state index in [1.165, 1.54) is 6.42 Å². The first-order valence-electron chi connectivity index (χ1n) is 19.4. The lowest BCUT2D eigenvalue weighted by atomic mass is 9.33. The van der Waals surface area contributed by atoms with Gasteiger partial charge in [-0.3, -0.25) is 4.79 Å². The highest BCUT2D eigenvalue weighted by Gasteiger charge is 2.70. The minimum atomic E-state index is -2.09. The Bertz CT molecular complexity index is 1410. The number of rotatable bonds is 5. The van der Waals surface area contributed by atoms with E-state index in [1.807, 2.05) is 18.2 Å². The number of allylic oxidation sites excluding steroid dienone is 2. The fraction of sp³-hybridized carbons (Fsp3) is 0.791. The Kier molecular flexibility index (Phi) is 8.94. The topological polar surface area (TPSA) is 55.8 Å². The molecule has 0 bridgehead atoms. The number of aliphatic hydroxyl groups is 1. The van der Waals surface area contributed by atoms with Crippen molar-refractivity contribution in [2.75, 3.05) is 0 Å². The Morgan fingerprint density at radius 1 is 0.938 bits per heavy atom. The number of benzene rings is 1. The van der Waals surface area contributed by atoms with Crippen LogP contribution >= 0.6 is 0 Å². The molecular formula is C43H68O4Si. The van der Waals surface area contributed by atoms with Gasteiger partial charge in [-0.2, -0.15) is 0 Å². The molecule has 48 heavy (non-hydrogen) atoms. The number of ether oxygens (including phenoxy) is 1. The molecule has 11 atom stereocenters. The van der Waals surface area contributed by atoms with Crippen molar-refractivity contribution in [3.8, 4) is 0 Å². The summed E-state index contributed by atoms with van der Waals surface area (Å²) in [5.74, 6) is 2.23. The molecule has 4 saturated carbocycles. The van der Waals surface area contributed by atoms with Gasteiger partial charge in [0.2, 0.25) is 0 Å². The highest BCUT2D eigenvalue weighted by atomic mass is 28.4. The number of aliphatic hydroxyl groups excluding tert-OH is 1. The monoisotopic (exact) mass is 676 g/mol. The molecule has 5 aliphatic rings. The van der Waals surface area contributed by atoms with E-state index in [4.69, 9.17) is 9.16 Å². The lowest BCUT2D eigenvalue weighted by molar-refractivity contribution is -0.230. The van der Waals surface area contributed by atoms with Crippen LogP contribution in [0.5, 0.6) is 0 Å². The second kappa shape index (κ2) is 11.8. The summed E-state index contributed by atoms with van der Waals surface area (Å²) in [6.45, 7) is 29.3. The number of fused-ring (bicyclic) bond motifs is 7. The third kappa shape index (κ3) is 5.20. The molecule has 6 rings (SSSR count). The molecule has 5 aliphatic carbocycles. The molecule has 0 spiro atoms. The van der Waals surface area contributed by atoms with E-state index >= 15 is 0 Å². The zero-order valence-corrected chi connectivity index (χ0v) is 33.5. The highest BCUT2D eigenvalue weighted by molar-refractivity contribution is 6.74. The van der Waals surface area contributed by atoms with Crippen molar-refractivity contribution in [3.63, 3.8) is 0 Å². The molecule has 0 amide bonds. The van der Waals surface area contributed by atoms with Crippen molar-refractivity contribution >= 4 is 14.3 Å². The third-order valence-corrected chi connectivity index (χ3v) is 21.3. The largest absolute Gasteiger partial charge is 0.460 e. The van der Waals surface area contributed by atoms with Gasteiger partial charge in [-0.25, -0.2) is 0 Å². The maximum Gasteiger partial charge on any atom is 0.313 e. The first kappa shape index (κ1) is 36.4. The summed E-state index contributed by atoms with van der Waals surface area (Å²) in [6, 6.07) is 10.2. The molecule has 0 aliphatic heterocycles. The Morgan fingerprint density at radius 3 is 2.25 bits per heavy atom. The van der Waals surface area contributed by atoms with Gasteiger partial charge in [-0.1, -0.05) is 111 Å². The molecule has 0 radical (unpaired) electrons. The van der Waals surface area contributed by atoms with Crippen LogP contribution in [0.1, 0.15) is 126 Å². The number of hydrogen-bond donors (Lipinski definition) is 1. The molecule has 1 aromatic carbocycles.